The summed E-state index contributed by atoms with van der Waals surface area (Å²) < 4.78 is 5.37. The highest BCUT2D eigenvalue weighted by Crippen LogP contribution is 2.12. The first-order valence-electron chi connectivity index (χ1n) is 4.06. The van der Waals surface area contributed by atoms with Crippen molar-refractivity contribution in [2.24, 2.45) is 0 Å². The van der Waals surface area contributed by atoms with Crippen LogP contribution in [0.2, 0.25) is 0 Å². The third kappa shape index (κ3) is 2.55. The van der Waals surface area contributed by atoms with Crippen molar-refractivity contribution in [3.05, 3.63) is 29.8 Å². The zero-order valence-corrected chi connectivity index (χ0v) is 7.45. The van der Waals surface area contributed by atoms with E-state index in [0.29, 0.717) is 0 Å². The van der Waals surface area contributed by atoms with Crippen molar-refractivity contribution >= 4 is 0 Å². The Balaban J connectivity index is 2.58. The summed E-state index contributed by atoms with van der Waals surface area (Å²) in [6, 6.07) is 7.78. The molecule has 0 aliphatic heterocycles. The van der Waals surface area contributed by atoms with Gasteiger partial charge in [0.25, 0.3) is 0 Å². The van der Waals surface area contributed by atoms with Gasteiger partial charge in [-0.15, -0.1) is 0 Å². The number of ether oxygens (including phenoxy) is 1. The van der Waals surface area contributed by atoms with E-state index < -0.39 is 0 Å². The molecule has 0 saturated heterocycles. The molecule has 0 aliphatic rings. The number of aryl methyl sites for hydroxylation is 1. The Morgan fingerprint density at radius 3 is 2.42 bits per heavy atom. The van der Waals surface area contributed by atoms with Crippen LogP contribution in [0.4, 0.5) is 0 Å². The molecule has 0 bridgehead atoms. The predicted octanol–water partition coefficient (Wildman–Crippen LogP) is 1.75. The third-order valence-electron chi connectivity index (χ3n) is 1.62. The molecule has 12 heavy (non-hydrogen) atoms. The monoisotopic (exact) mass is 166 g/mol. The van der Waals surface area contributed by atoms with Gasteiger partial charge in [0.15, 0.2) is 0 Å². The first-order chi connectivity index (χ1) is 5.72. The van der Waals surface area contributed by atoms with Gasteiger partial charge in [-0.2, -0.15) is 0 Å². The van der Waals surface area contributed by atoms with Crippen LogP contribution in [-0.2, 0) is 0 Å². The van der Waals surface area contributed by atoms with E-state index in [-0.39, 0.29) is 12.7 Å². The van der Waals surface area contributed by atoms with Crippen LogP contribution in [0, 0.1) is 6.92 Å². The van der Waals surface area contributed by atoms with E-state index >= 15 is 0 Å². The molecule has 0 aromatic heterocycles. The second-order valence-electron chi connectivity index (χ2n) is 2.92. The lowest BCUT2D eigenvalue weighted by Crippen LogP contribution is -2.15. The van der Waals surface area contributed by atoms with Gasteiger partial charge in [0.05, 0.1) is 6.61 Å². The summed E-state index contributed by atoms with van der Waals surface area (Å²) in [4.78, 5) is 0. The summed E-state index contributed by atoms with van der Waals surface area (Å²) in [5.41, 5.74) is 1.21. The number of hydrogen-bond donors (Lipinski definition) is 1. The Kier molecular flexibility index (Phi) is 3.11. The van der Waals surface area contributed by atoms with Gasteiger partial charge < -0.3 is 9.84 Å². The van der Waals surface area contributed by atoms with Crippen LogP contribution in [0.15, 0.2) is 24.3 Å². The minimum absolute atomic E-state index is 0.0495. The molecular formula is C10H14O2. The first-order valence-corrected chi connectivity index (χ1v) is 4.06. The molecule has 2 nitrogen and oxygen atoms in total. The Morgan fingerprint density at radius 1 is 1.33 bits per heavy atom. The van der Waals surface area contributed by atoms with Crippen molar-refractivity contribution in [1.82, 2.24) is 0 Å². The number of hydrogen-bond acceptors (Lipinski definition) is 2. The Labute approximate surface area is 72.8 Å². The van der Waals surface area contributed by atoms with Crippen molar-refractivity contribution < 1.29 is 9.84 Å². The molecule has 0 spiro atoms. The average Bonchev–Trinajstić information content (AvgIpc) is 2.09. The maximum atomic E-state index is 8.73. The third-order valence-corrected chi connectivity index (χ3v) is 1.62. The zero-order chi connectivity index (χ0) is 8.97. The first kappa shape index (κ1) is 9.07. The highest BCUT2D eigenvalue weighted by atomic mass is 16.5. The molecule has 0 saturated carbocycles. The smallest absolute Gasteiger partial charge is 0.119 e. The van der Waals surface area contributed by atoms with Crippen LogP contribution in [0.25, 0.3) is 0 Å². The van der Waals surface area contributed by atoms with E-state index in [0.717, 1.165) is 5.75 Å². The lowest BCUT2D eigenvalue weighted by molar-refractivity contribution is 0.130. The fourth-order valence-corrected chi connectivity index (χ4v) is 0.886. The summed E-state index contributed by atoms with van der Waals surface area (Å²) in [5.74, 6) is 0.808. The molecule has 66 valence electrons. The second kappa shape index (κ2) is 4.12. The van der Waals surface area contributed by atoms with Crippen LogP contribution in [-0.4, -0.2) is 17.8 Å². The molecule has 0 heterocycles. The minimum atomic E-state index is -0.132. The van der Waals surface area contributed by atoms with Gasteiger partial charge in [-0.3, -0.25) is 0 Å². The molecule has 0 fully saturated rings. The Bertz CT molecular complexity index is 228. The summed E-state index contributed by atoms with van der Waals surface area (Å²) in [6.07, 6.45) is -0.132. The highest BCUT2D eigenvalue weighted by Gasteiger charge is 2.00. The van der Waals surface area contributed by atoms with Gasteiger partial charge >= 0.3 is 0 Å². The molecule has 1 aromatic rings. The van der Waals surface area contributed by atoms with E-state index in [1.807, 2.05) is 38.1 Å². The maximum absolute atomic E-state index is 8.73. The van der Waals surface area contributed by atoms with E-state index in [9.17, 15) is 0 Å². The van der Waals surface area contributed by atoms with Crippen LogP contribution in [0.1, 0.15) is 12.5 Å². The molecule has 0 aliphatic carbocycles. The topological polar surface area (TPSA) is 29.5 Å². The molecule has 1 aromatic carbocycles. The van der Waals surface area contributed by atoms with Crippen LogP contribution in [0.5, 0.6) is 5.75 Å². The Hall–Kier alpha value is -1.02. The lowest BCUT2D eigenvalue weighted by atomic mass is 10.2. The summed E-state index contributed by atoms with van der Waals surface area (Å²) in [6.45, 7) is 3.91. The standard InChI is InChI=1S/C10H14O2/c1-8-3-5-10(6-4-8)12-9(2)7-11/h3-6,9,11H,7H2,1-2H3/t9-/m0/s1. The molecule has 0 amide bonds. The SMILES string of the molecule is Cc1ccc(O[C@@H](C)CO)cc1. The zero-order valence-electron chi connectivity index (χ0n) is 7.45. The summed E-state index contributed by atoms with van der Waals surface area (Å²) >= 11 is 0. The molecule has 1 rings (SSSR count). The van der Waals surface area contributed by atoms with E-state index in [1.54, 1.807) is 0 Å². The van der Waals surface area contributed by atoms with Gasteiger partial charge in [-0.1, -0.05) is 17.7 Å². The van der Waals surface area contributed by atoms with Gasteiger partial charge in [-0.05, 0) is 26.0 Å². The minimum Gasteiger partial charge on any atom is -0.488 e. The van der Waals surface area contributed by atoms with Crippen molar-refractivity contribution in [3.8, 4) is 5.75 Å². The van der Waals surface area contributed by atoms with Crippen molar-refractivity contribution in [1.29, 1.82) is 0 Å². The van der Waals surface area contributed by atoms with Crippen LogP contribution in [0.3, 0.4) is 0 Å². The predicted molar refractivity (Wildman–Crippen MR) is 48.4 cm³/mol. The number of rotatable bonds is 3. The van der Waals surface area contributed by atoms with Gasteiger partial charge in [0, 0.05) is 0 Å². The van der Waals surface area contributed by atoms with Gasteiger partial charge in [-0.25, -0.2) is 0 Å². The van der Waals surface area contributed by atoms with Crippen LogP contribution >= 0.6 is 0 Å². The molecule has 1 atom stereocenters. The molecular weight excluding hydrogens is 152 g/mol. The normalized spacial score (nSPS) is 12.6. The summed E-state index contributed by atoms with van der Waals surface area (Å²) in [5, 5.41) is 8.73. The fraction of sp³-hybridized carbons (Fsp3) is 0.400. The molecule has 0 unspecified atom stereocenters. The van der Waals surface area contributed by atoms with Gasteiger partial charge in [0.2, 0.25) is 0 Å². The quantitative estimate of drug-likeness (QED) is 0.741. The molecule has 2 heteroatoms. The Morgan fingerprint density at radius 2 is 1.92 bits per heavy atom. The largest absolute Gasteiger partial charge is 0.488 e. The molecule has 0 radical (unpaired) electrons. The second-order valence-corrected chi connectivity index (χ2v) is 2.92. The number of aliphatic hydroxyl groups is 1. The number of benzene rings is 1. The van der Waals surface area contributed by atoms with E-state index in [2.05, 4.69) is 0 Å². The maximum Gasteiger partial charge on any atom is 0.119 e. The number of aliphatic hydroxyl groups excluding tert-OH is 1. The summed E-state index contributed by atoms with van der Waals surface area (Å²) in [7, 11) is 0. The van der Waals surface area contributed by atoms with Crippen LogP contribution < -0.4 is 4.74 Å². The van der Waals surface area contributed by atoms with E-state index in [1.165, 1.54) is 5.56 Å². The van der Waals surface area contributed by atoms with E-state index in [4.69, 9.17) is 9.84 Å². The van der Waals surface area contributed by atoms with Crippen molar-refractivity contribution in [2.75, 3.05) is 6.61 Å². The molecule has 1 N–H and O–H groups in total. The van der Waals surface area contributed by atoms with Crippen molar-refractivity contribution in [2.45, 2.75) is 20.0 Å². The average molecular weight is 166 g/mol. The van der Waals surface area contributed by atoms with Gasteiger partial charge in [0.1, 0.15) is 11.9 Å². The highest BCUT2D eigenvalue weighted by molar-refractivity contribution is 5.26. The van der Waals surface area contributed by atoms with Crippen molar-refractivity contribution in [3.63, 3.8) is 0 Å². The lowest BCUT2D eigenvalue weighted by Gasteiger charge is -2.11. The fourth-order valence-electron chi connectivity index (χ4n) is 0.886.